The van der Waals surface area contributed by atoms with Crippen molar-refractivity contribution in [3.05, 3.63) is 24.1 Å². The fourth-order valence-corrected chi connectivity index (χ4v) is 1.53. The Labute approximate surface area is 109 Å². The quantitative estimate of drug-likeness (QED) is 0.821. The SMILES string of the molecule is COc1cc(OC)cc(-c2noc([C@@H](O)CN)n2)c1. The van der Waals surface area contributed by atoms with E-state index >= 15 is 0 Å². The van der Waals surface area contributed by atoms with Crippen molar-refractivity contribution in [2.24, 2.45) is 5.73 Å². The number of nitrogens with two attached hydrogens (primary N) is 1. The lowest BCUT2D eigenvalue weighted by molar-refractivity contribution is 0.141. The maximum atomic E-state index is 9.52. The first kappa shape index (κ1) is 13.3. The van der Waals surface area contributed by atoms with Crippen LogP contribution >= 0.6 is 0 Å². The van der Waals surface area contributed by atoms with Gasteiger partial charge in [-0.15, -0.1) is 0 Å². The number of rotatable bonds is 5. The number of benzene rings is 1. The molecule has 0 radical (unpaired) electrons. The lowest BCUT2D eigenvalue weighted by Gasteiger charge is -2.05. The van der Waals surface area contributed by atoms with E-state index in [4.69, 9.17) is 19.7 Å². The molecule has 7 heteroatoms. The van der Waals surface area contributed by atoms with E-state index in [1.165, 1.54) is 0 Å². The Morgan fingerprint density at radius 1 is 1.26 bits per heavy atom. The number of methoxy groups -OCH3 is 2. The summed E-state index contributed by atoms with van der Waals surface area (Å²) in [4.78, 5) is 4.08. The lowest BCUT2D eigenvalue weighted by Crippen LogP contribution is -2.11. The van der Waals surface area contributed by atoms with Crippen LogP contribution in [0.3, 0.4) is 0 Å². The summed E-state index contributed by atoms with van der Waals surface area (Å²) in [5.74, 6) is 1.64. The van der Waals surface area contributed by atoms with Gasteiger partial charge in [0.1, 0.15) is 17.6 Å². The molecule has 102 valence electrons. The van der Waals surface area contributed by atoms with E-state index in [9.17, 15) is 5.11 Å². The molecule has 0 aliphatic carbocycles. The van der Waals surface area contributed by atoms with Gasteiger partial charge in [-0.25, -0.2) is 0 Å². The number of ether oxygens (including phenoxy) is 2. The molecule has 1 aromatic heterocycles. The van der Waals surface area contributed by atoms with Crippen molar-refractivity contribution in [1.82, 2.24) is 10.1 Å². The molecule has 0 fully saturated rings. The number of hydrogen-bond acceptors (Lipinski definition) is 7. The van der Waals surface area contributed by atoms with Gasteiger partial charge in [-0.1, -0.05) is 5.16 Å². The van der Waals surface area contributed by atoms with E-state index in [1.54, 1.807) is 32.4 Å². The van der Waals surface area contributed by atoms with Crippen molar-refractivity contribution < 1.29 is 19.1 Å². The summed E-state index contributed by atoms with van der Waals surface area (Å²) in [6, 6.07) is 5.22. The van der Waals surface area contributed by atoms with Gasteiger partial charge >= 0.3 is 0 Å². The summed E-state index contributed by atoms with van der Waals surface area (Å²) >= 11 is 0. The molecule has 2 rings (SSSR count). The predicted octanol–water partition coefficient (Wildman–Crippen LogP) is 0.746. The number of aromatic nitrogens is 2. The molecule has 0 bridgehead atoms. The highest BCUT2D eigenvalue weighted by atomic mass is 16.5. The van der Waals surface area contributed by atoms with E-state index < -0.39 is 6.10 Å². The minimum absolute atomic E-state index is 0.0169. The molecule has 0 saturated carbocycles. The van der Waals surface area contributed by atoms with Crippen LogP contribution in [0.2, 0.25) is 0 Å². The molecule has 1 heterocycles. The van der Waals surface area contributed by atoms with Crippen molar-refractivity contribution in [1.29, 1.82) is 0 Å². The zero-order valence-corrected chi connectivity index (χ0v) is 10.7. The third-order valence-corrected chi connectivity index (χ3v) is 2.56. The fourth-order valence-electron chi connectivity index (χ4n) is 1.53. The summed E-state index contributed by atoms with van der Waals surface area (Å²) < 4.78 is 15.3. The Morgan fingerprint density at radius 2 is 1.89 bits per heavy atom. The first-order valence-corrected chi connectivity index (χ1v) is 5.63. The molecule has 2 aromatic rings. The Bertz CT molecular complexity index is 533. The van der Waals surface area contributed by atoms with Crippen molar-refractivity contribution in [2.45, 2.75) is 6.10 Å². The normalized spacial score (nSPS) is 12.2. The Balaban J connectivity index is 2.37. The molecule has 0 amide bonds. The first-order valence-electron chi connectivity index (χ1n) is 5.63. The molecule has 0 aliphatic rings. The van der Waals surface area contributed by atoms with Gasteiger partial charge in [0.25, 0.3) is 5.89 Å². The van der Waals surface area contributed by atoms with Gasteiger partial charge in [0, 0.05) is 18.2 Å². The van der Waals surface area contributed by atoms with Crippen LogP contribution in [0, 0.1) is 0 Å². The van der Waals surface area contributed by atoms with Gasteiger partial charge < -0.3 is 24.8 Å². The molecular weight excluding hydrogens is 250 g/mol. The maximum Gasteiger partial charge on any atom is 0.257 e. The summed E-state index contributed by atoms with van der Waals surface area (Å²) in [6.45, 7) is 0.0169. The van der Waals surface area contributed by atoms with Crippen LogP contribution in [-0.2, 0) is 0 Å². The summed E-state index contributed by atoms with van der Waals surface area (Å²) in [5.41, 5.74) is 5.99. The zero-order valence-electron chi connectivity index (χ0n) is 10.7. The summed E-state index contributed by atoms with van der Waals surface area (Å²) in [6.07, 6.45) is -0.964. The Hall–Kier alpha value is -2.12. The Kier molecular flexibility index (Phi) is 3.98. The van der Waals surface area contributed by atoms with Crippen LogP contribution in [0.4, 0.5) is 0 Å². The van der Waals surface area contributed by atoms with Crippen LogP contribution < -0.4 is 15.2 Å². The standard InChI is InChI=1S/C12H15N3O4/c1-17-8-3-7(4-9(5-8)18-2)11-14-12(19-15-11)10(16)6-13/h3-5,10,16H,6,13H2,1-2H3/t10-/m0/s1. The highest BCUT2D eigenvalue weighted by Gasteiger charge is 2.16. The Morgan fingerprint density at radius 3 is 2.42 bits per heavy atom. The average molecular weight is 265 g/mol. The molecular formula is C12H15N3O4. The predicted molar refractivity (Wildman–Crippen MR) is 66.9 cm³/mol. The van der Waals surface area contributed by atoms with E-state index in [2.05, 4.69) is 10.1 Å². The first-order chi connectivity index (χ1) is 9.17. The van der Waals surface area contributed by atoms with E-state index in [-0.39, 0.29) is 12.4 Å². The van der Waals surface area contributed by atoms with Gasteiger partial charge in [-0.2, -0.15) is 4.98 Å². The number of aliphatic hydroxyl groups is 1. The number of hydrogen-bond donors (Lipinski definition) is 2. The van der Waals surface area contributed by atoms with Gasteiger partial charge in [-0.05, 0) is 12.1 Å². The molecule has 0 aliphatic heterocycles. The minimum atomic E-state index is -0.964. The van der Waals surface area contributed by atoms with Crippen molar-refractivity contribution >= 4 is 0 Å². The summed E-state index contributed by atoms with van der Waals surface area (Å²) in [5, 5.41) is 13.3. The van der Waals surface area contributed by atoms with E-state index in [0.717, 1.165) is 0 Å². The molecule has 1 atom stereocenters. The molecule has 7 nitrogen and oxygen atoms in total. The third kappa shape index (κ3) is 2.83. The van der Waals surface area contributed by atoms with Crippen molar-refractivity contribution in [2.75, 3.05) is 20.8 Å². The maximum absolute atomic E-state index is 9.52. The van der Waals surface area contributed by atoms with Gasteiger partial charge in [0.15, 0.2) is 0 Å². The van der Waals surface area contributed by atoms with Crippen molar-refractivity contribution in [3.8, 4) is 22.9 Å². The highest BCUT2D eigenvalue weighted by Crippen LogP contribution is 2.28. The third-order valence-electron chi connectivity index (χ3n) is 2.56. The van der Waals surface area contributed by atoms with Crippen LogP contribution in [0.25, 0.3) is 11.4 Å². The van der Waals surface area contributed by atoms with Gasteiger partial charge in [-0.3, -0.25) is 0 Å². The zero-order chi connectivity index (χ0) is 13.8. The number of aliphatic hydroxyl groups excluding tert-OH is 1. The molecule has 1 aromatic carbocycles. The van der Waals surface area contributed by atoms with Gasteiger partial charge in [0.2, 0.25) is 5.82 Å². The molecule has 0 saturated heterocycles. The van der Waals surface area contributed by atoms with E-state index in [0.29, 0.717) is 22.9 Å². The van der Waals surface area contributed by atoms with Gasteiger partial charge in [0.05, 0.1) is 14.2 Å². The fraction of sp³-hybridized carbons (Fsp3) is 0.333. The highest BCUT2D eigenvalue weighted by molar-refractivity contribution is 5.60. The lowest BCUT2D eigenvalue weighted by atomic mass is 10.2. The van der Waals surface area contributed by atoms with E-state index in [1.807, 2.05) is 0 Å². The summed E-state index contributed by atoms with van der Waals surface area (Å²) in [7, 11) is 3.11. The topological polar surface area (TPSA) is 104 Å². The van der Waals surface area contributed by atoms with Crippen LogP contribution in [0.5, 0.6) is 11.5 Å². The largest absolute Gasteiger partial charge is 0.497 e. The smallest absolute Gasteiger partial charge is 0.257 e. The monoisotopic (exact) mass is 265 g/mol. The molecule has 0 spiro atoms. The number of nitrogens with zero attached hydrogens (tertiary/aromatic N) is 2. The van der Waals surface area contributed by atoms with Crippen LogP contribution in [0.15, 0.2) is 22.7 Å². The second-order valence-electron chi connectivity index (χ2n) is 3.81. The minimum Gasteiger partial charge on any atom is -0.497 e. The molecule has 19 heavy (non-hydrogen) atoms. The molecule has 3 N–H and O–H groups in total. The van der Waals surface area contributed by atoms with Crippen molar-refractivity contribution in [3.63, 3.8) is 0 Å². The second-order valence-corrected chi connectivity index (χ2v) is 3.81. The molecule has 0 unspecified atom stereocenters. The van der Waals surface area contributed by atoms with Crippen LogP contribution in [0.1, 0.15) is 12.0 Å². The van der Waals surface area contributed by atoms with Crippen LogP contribution in [-0.4, -0.2) is 36.0 Å². The second kappa shape index (κ2) is 5.68. The average Bonchev–Trinajstić information content (AvgIpc) is 2.95.